The third-order valence-electron chi connectivity index (χ3n) is 6.24. The van der Waals surface area contributed by atoms with Gasteiger partial charge in [-0.15, -0.1) is 0 Å². The molecule has 2 heterocycles. The molecule has 2 aliphatic rings. The smallest absolute Gasteiger partial charge is 0.239 e. The average molecular weight is 400 g/mol. The molecule has 0 unspecified atom stereocenters. The Kier molecular flexibility index (Phi) is 7.42. The van der Waals surface area contributed by atoms with Gasteiger partial charge in [0.05, 0.1) is 6.04 Å². The van der Waals surface area contributed by atoms with Gasteiger partial charge in [0.25, 0.3) is 0 Å². The molecule has 0 N–H and O–H groups in total. The minimum atomic E-state index is -0.127. The van der Waals surface area contributed by atoms with E-state index in [0.29, 0.717) is 31.7 Å². The maximum Gasteiger partial charge on any atom is 0.239 e. The van der Waals surface area contributed by atoms with Crippen molar-refractivity contribution in [2.24, 2.45) is 0 Å². The van der Waals surface area contributed by atoms with E-state index in [0.717, 1.165) is 32.4 Å². The second kappa shape index (κ2) is 10.0. The summed E-state index contributed by atoms with van der Waals surface area (Å²) < 4.78 is 0. The third-order valence-corrected chi connectivity index (χ3v) is 6.24. The molecule has 0 saturated carbocycles. The van der Waals surface area contributed by atoms with Crippen LogP contribution in [0.3, 0.4) is 0 Å². The molecule has 2 saturated heterocycles. The molecule has 0 radical (unpaired) electrons. The van der Waals surface area contributed by atoms with Crippen LogP contribution in [0.15, 0.2) is 24.3 Å². The van der Waals surface area contributed by atoms with Crippen molar-refractivity contribution in [1.29, 1.82) is 0 Å². The lowest BCUT2D eigenvalue weighted by Crippen LogP contribution is -2.55. The van der Waals surface area contributed by atoms with Crippen molar-refractivity contribution in [2.45, 2.75) is 52.0 Å². The molecule has 1 aromatic carbocycles. The maximum absolute atomic E-state index is 12.6. The molecule has 158 valence electrons. The molecular formula is C23H33N3O3. The number of hydrogen-bond acceptors (Lipinski definition) is 4. The van der Waals surface area contributed by atoms with E-state index in [9.17, 15) is 14.4 Å². The molecule has 2 amide bonds. The van der Waals surface area contributed by atoms with Crippen LogP contribution in [-0.4, -0.2) is 77.6 Å². The number of ketones is 1. The van der Waals surface area contributed by atoms with E-state index in [1.807, 2.05) is 41.0 Å². The monoisotopic (exact) mass is 399 g/mol. The van der Waals surface area contributed by atoms with Crippen LogP contribution in [0, 0.1) is 0 Å². The number of Topliss-reactive ketones (excluding diaryl/α,β-unsaturated/α-hetero) is 1. The van der Waals surface area contributed by atoms with Crippen molar-refractivity contribution in [2.75, 3.05) is 39.3 Å². The Morgan fingerprint density at radius 1 is 0.862 bits per heavy atom. The zero-order valence-electron chi connectivity index (χ0n) is 17.7. The standard InChI is InChI=1S/C23H33N3O3/c1-3-19-6-8-20(9-7-19)21(27)10-11-22(28)25-16-14-24(15-17-25)18(2)23(29)26-12-4-5-13-26/h6-9,18H,3-5,10-17H2,1-2H3/t18-/m0/s1. The zero-order chi connectivity index (χ0) is 20.8. The first-order valence-corrected chi connectivity index (χ1v) is 10.9. The first-order chi connectivity index (χ1) is 14.0. The van der Waals surface area contributed by atoms with Crippen LogP contribution in [0.2, 0.25) is 0 Å². The summed E-state index contributed by atoms with van der Waals surface area (Å²) in [6, 6.07) is 7.52. The van der Waals surface area contributed by atoms with E-state index in [1.165, 1.54) is 5.56 Å². The Morgan fingerprint density at radius 3 is 2.07 bits per heavy atom. The van der Waals surface area contributed by atoms with Gasteiger partial charge in [-0.2, -0.15) is 0 Å². The van der Waals surface area contributed by atoms with Crippen molar-refractivity contribution in [3.8, 4) is 0 Å². The second-order valence-electron chi connectivity index (χ2n) is 8.10. The summed E-state index contributed by atoms with van der Waals surface area (Å²) in [6.07, 6.45) is 3.64. The van der Waals surface area contributed by atoms with Crippen LogP contribution < -0.4 is 0 Å². The number of amides is 2. The second-order valence-corrected chi connectivity index (χ2v) is 8.10. The van der Waals surface area contributed by atoms with Gasteiger partial charge in [-0.25, -0.2) is 0 Å². The summed E-state index contributed by atoms with van der Waals surface area (Å²) in [5, 5.41) is 0. The van der Waals surface area contributed by atoms with Crippen LogP contribution in [0.25, 0.3) is 0 Å². The number of nitrogens with zero attached hydrogens (tertiary/aromatic N) is 3. The van der Waals surface area contributed by atoms with Gasteiger partial charge in [-0.3, -0.25) is 19.3 Å². The number of benzene rings is 1. The lowest BCUT2D eigenvalue weighted by molar-refractivity contribution is -0.138. The van der Waals surface area contributed by atoms with Crippen molar-refractivity contribution in [3.05, 3.63) is 35.4 Å². The Hall–Kier alpha value is -2.21. The summed E-state index contributed by atoms with van der Waals surface area (Å²) in [6.45, 7) is 8.45. The van der Waals surface area contributed by atoms with Gasteiger partial charge in [0.1, 0.15) is 0 Å². The van der Waals surface area contributed by atoms with Crippen LogP contribution in [-0.2, 0) is 16.0 Å². The highest BCUT2D eigenvalue weighted by Gasteiger charge is 2.30. The van der Waals surface area contributed by atoms with Gasteiger partial charge in [0, 0.05) is 57.7 Å². The minimum Gasteiger partial charge on any atom is -0.341 e. The summed E-state index contributed by atoms with van der Waals surface area (Å²) in [5.41, 5.74) is 1.88. The first kappa shape index (κ1) is 21.5. The number of rotatable bonds is 7. The van der Waals surface area contributed by atoms with Crippen molar-refractivity contribution >= 4 is 17.6 Å². The zero-order valence-corrected chi connectivity index (χ0v) is 17.7. The molecular weight excluding hydrogens is 366 g/mol. The van der Waals surface area contributed by atoms with Crippen molar-refractivity contribution in [3.63, 3.8) is 0 Å². The van der Waals surface area contributed by atoms with E-state index in [1.54, 1.807) is 0 Å². The third kappa shape index (κ3) is 5.44. The molecule has 0 aromatic heterocycles. The lowest BCUT2D eigenvalue weighted by atomic mass is 10.0. The average Bonchev–Trinajstić information content (AvgIpc) is 3.31. The summed E-state index contributed by atoms with van der Waals surface area (Å²) >= 11 is 0. The Balaban J connectivity index is 1.42. The van der Waals surface area contributed by atoms with Crippen LogP contribution >= 0.6 is 0 Å². The molecule has 0 bridgehead atoms. The van der Waals surface area contributed by atoms with E-state index >= 15 is 0 Å². The Morgan fingerprint density at radius 2 is 1.48 bits per heavy atom. The van der Waals surface area contributed by atoms with Crippen LogP contribution in [0.5, 0.6) is 0 Å². The van der Waals surface area contributed by atoms with Crippen molar-refractivity contribution < 1.29 is 14.4 Å². The molecule has 6 nitrogen and oxygen atoms in total. The number of carbonyl (C=O) groups is 3. The largest absolute Gasteiger partial charge is 0.341 e. The normalized spacial score (nSPS) is 18.7. The quantitative estimate of drug-likeness (QED) is 0.661. The topological polar surface area (TPSA) is 60.9 Å². The number of carbonyl (C=O) groups excluding carboxylic acids is 3. The molecule has 3 rings (SSSR count). The fraction of sp³-hybridized carbons (Fsp3) is 0.609. The van der Waals surface area contributed by atoms with Gasteiger partial charge in [-0.1, -0.05) is 31.2 Å². The van der Waals surface area contributed by atoms with Gasteiger partial charge >= 0.3 is 0 Å². The fourth-order valence-corrected chi connectivity index (χ4v) is 4.17. The van der Waals surface area contributed by atoms with E-state index in [-0.39, 0.29) is 36.5 Å². The molecule has 6 heteroatoms. The van der Waals surface area contributed by atoms with Gasteiger partial charge < -0.3 is 9.80 Å². The Bertz CT molecular complexity index is 717. The van der Waals surface area contributed by atoms with Gasteiger partial charge in [-0.05, 0) is 31.7 Å². The maximum atomic E-state index is 12.6. The lowest BCUT2D eigenvalue weighted by Gasteiger charge is -2.38. The van der Waals surface area contributed by atoms with E-state index < -0.39 is 0 Å². The Labute approximate surface area is 173 Å². The van der Waals surface area contributed by atoms with Crippen LogP contribution in [0.4, 0.5) is 0 Å². The molecule has 2 fully saturated rings. The minimum absolute atomic E-state index is 0.0180. The SMILES string of the molecule is CCc1ccc(C(=O)CCC(=O)N2CCN([C@@H](C)C(=O)N3CCCC3)CC2)cc1. The molecule has 29 heavy (non-hydrogen) atoms. The molecule has 0 spiro atoms. The van der Waals surface area contributed by atoms with Gasteiger partial charge in [0.2, 0.25) is 11.8 Å². The summed E-state index contributed by atoms with van der Waals surface area (Å²) in [7, 11) is 0. The predicted octanol–water partition coefficient (Wildman–Crippen LogP) is 2.37. The number of likely N-dealkylation sites (tertiary alicyclic amines) is 1. The molecule has 1 atom stereocenters. The summed E-state index contributed by atoms with van der Waals surface area (Å²) in [5.74, 6) is 0.258. The fourth-order valence-electron chi connectivity index (χ4n) is 4.17. The number of piperazine rings is 1. The summed E-state index contributed by atoms with van der Waals surface area (Å²) in [4.78, 5) is 43.4. The van der Waals surface area contributed by atoms with Gasteiger partial charge in [0.15, 0.2) is 5.78 Å². The number of hydrogen-bond donors (Lipinski definition) is 0. The number of aryl methyl sites for hydroxylation is 1. The van der Waals surface area contributed by atoms with Crippen molar-refractivity contribution in [1.82, 2.24) is 14.7 Å². The molecule has 1 aromatic rings. The highest BCUT2D eigenvalue weighted by molar-refractivity contribution is 5.98. The van der Waals surface area contributed by atoms with E-state index in [2.05, 4.69) is 11.8 Å². The molecule has 2 aliphatic heterocycles. The van der Waals surface area contributed by atoms with Crippen LogP contribution in [0.1, 0.15) is 55.5 Å². The highest BCUT2D eigenvalue weighted by atomic mass is 16.2. The molecule has 0 aliphatic carbocycles. The first-order valence-electron chi connectivity index (χ1n) is 10.9. The predicted molar refractivity (Wildman–Crippen MR) is 113 cm³/mol. The van der Waals surface area contributed by atoms with E-state index in [4.69, 9.17) is 0 Å². The highest BCUT2D eigenvalue weighted by Crippen LogP contribution is 2.15.